The Morgan fingerprint density at radius 1 is 1.15 bits per heavy atom. The van der Waals surface area contributed by atoms with Crippen LogP contribution in [0, 0.1) is 11.3 Å². The van der Waals surface area contributed by atoms with E-state index in [-0.39, 0.29) is 11.3 Å². The number of likely N-dealkylation sites (tertiary alicyclic amines) is 1. The van der Waals surface area contributed by atoms with Gasteiger partial charge in [-0.25, -0.2) is 0 Å². The van der Waals surface area contributed by atoms with Crippen LogP contribution in [0.5, 0.6) is 0 Å². The molecule has 3 aliphatic heterocycles. The Morgan fingerprint density at radius 2 is 1.85 bits per heavy atom. The number of hydrogen-bond acceptors (Lipinski definition) is 3. The van der Waals surface area contributed by atoms with Gasteiger partial charge in [-0.3, -0.25) is 4.79 Å². The Balaban J connectivity index is 1.45. The first kappa shape index (κ1) is 18.0. The number of carbonyl (C=O) groups is 1. The predicted octanol–water partition coefficient (Wildman–Crippen LogP) is 3.10. The minimum Gasteiger partial charge on any atom is -0.381 e. The fourth-order valence-corrected chi connectivity index (χ4v) is 5.07. The van der Waals surface area contributed by atoms with Crippen molar-refractivity contribution in [3.8, 4) is 0 Å². The fraction of sp³-hybridized carbons (Fsp3) is 0.682. The van der Waals surface area contributed by atoms with Gasteiger partial charge in [-0.1, -0.05) is 24.3 Å². The zero-order valence-corrected chi connectivity index (χ0v) is 16.1. The quantitative estimate of drug-likeness (QED) is 0.816. The number of carbonyl (C=O) groups excluding carboxylic acids is 1. The molecule has 0 saturated carbocycles. The molecule has 4 nitrogen and oxygen atoms in total. The molecule has 0 aliphatic carbocycles. The number of hydrogen-bond donors (Lipinski definition) is 0. The van der Waals surface area contributed by atoms with Gasteiger partial charge >= 0.3 is 0 Å². The van der Waals surface area contributed by atoms with Gasteiger partial charge in [0.15, 0.2) is 0 Å². The molecule has 4 rings (SSSR count). The van der Waals surface area contributed by atoms with Crippen molar-refractivity contribution in [2.45, 2.75) is 45.6 Å². The SMILES string of the molecule is CC(=O)N1Cc2ccccc2CC2(CCN(CC3CCOCC3)CC2)C1. The Labute approximate surface area is 157 Å². The molecule has 0 bridgehead atoms. The Hall–Kier alpha value is -1.39. The van der Waals surface area contributed by atoms with Crippen molar-refractivity contribution in [3.05, 3.63) is 35.4 Å². The number of piperidine rings is 1. The van der Waals surface area contributed by atoms with Crippen LogP contribution in [0.4, 0.5) is 0 Å². The average molecular weight is 357 g/mol. The first-order chi connectivity index (χ1) is 12.6. The molecule has 1 amide bonds. The van der Waals surface area contributed by atoms with Gasteiger partial charge in [-0.2, -0.15) is 0 Å². The smallest absolute Gasteiger partial charge is 0.219 e. The Bertz CT molecular complexity index is 631. The summed E-state index contributed by atoms with van der Waals surface area (Å²) < 4.78 is 5.50. The van der Waals surface area contributed by atoms with Gasteiger partial charge in [0.25, 0.3) is 0 Å². The zero-order valence-electron chi connectivity index (χ0n) is 16.1. The maximum atomic E-state index is 12.2. The van der Waals surface area contributed by atoms with Crippen molar-refractivity contribution in [2.75, 3.05) is 39.4 Å². The van der Waals surface area contributed by atoms with E-state index in [1.165, 1.54) is 56.4 Å². The van der Waals surface area contributed by atoms with Gasteiger partial charge in [0.05, 0.1) is 0 Å². The van der Waals surface area contributed by atoms with Crippen LogP contribution in [-0.4, -0.2) is 55.1 Å². The van der Waals surface area contributed by atoms with E-state index < -0.39 is 0 Å². The van der Waals surface area contributed by atoms with E-state index in [9.17, 15) is 4.79 Å². The highest BCUT2D eigenvalue weighted by Crippen LogP contribution is 2.40. The maximum Gasteiger partial charge on any atom is 0.219 e. The Kier molecular flexibility index (Phi) is 5.32. The predicted molar refractivity (Wildman–Crippen MR) is 103 cm³/mol. The van der Waals surface area contributed by atoms with E-state index in [1.807, 2.05) is 0 Å². The minimum atomic E-state index is 0.214. The molecule has 2 saturated heterocycles. The van der Waals surface area contributed by atoms with Crippen LogP contribution in [0.3, 0.4) is 0 Å². The van der Waals surface area contributed by atoms with Gasteiger partial charge in [-0.05, 0) is 67.7 Å². The number of benzene rings is 1. The topological polar surface area (TPSA) is 32.8 Å². The third-order valence-electron chi connectivity index (χ3n) is 6.79. The molecule has 4 heteroatoms. The van der Waals surface area contributed by atoms with Crippen LogP contribution >= 0.6 is 0 Å². The second-order valence-electron chi connectivity index (χ2n) is 8.68. The molecule has 0 atom stereocenters. The van der Waals surface area contributed by atoms with Gasteiger partial charge in [-0.15, -0.1) is 0 Å². The van der Waals surface area contributed by atoms with Crippen molar-refractivity contribution in [1.82, 2.24) is 9.80 Å². The monoisotopic (exact) mass is 356 g/mol. The molecule has 0 unspecified atom stereocenters. The lowest BCUT2D eigenvalue weighted by molar-refractivity contribution is -0.131. The van der Waals surface area contributed by atoms with Crippen molar-refractivity contribution >= 4 is 5.91 Å². The largest absolute Gasteiger partial charge is 0.381 e. The molecule has 1 aromatic carbocycles. The van der Waals surface area contributed by atoms with Crippen LogP contribution in [0.15, 0.2) is 24.3 Å². The van der Waals surface area contributed by atoms with E-state index >= 15 is 0 Å². The van der Waals surface area contributed by atoms with E-state index in [0.29, 0.717) is 0 Å². The lowest BCUT2D eigenvalue weighted by atomic mass is 9.73. The number of rotatable bonds is 2. The number of nitrogens with zero attached hydrogens (tertiary/aromatic N) is 2. The summed E-state index contributed by atoms with van der Waals surface area (Å²) in [6.45, 7) is 8.87. The van der Waals surface area contributed by atoms with Crippen molar-refractivity contribution in [2.24, 2.45) is 11.3 Å². The van der Waals surface area contributed by atoms with E-state index in [0.717, 1.165) is 38.6 Å². The van der Waals surface area contributed by atoms with E-state index in [4.69, 9.17) is 4.74 Å². The highest BCUT2D eigenvalue weighted by Gasteiger charge is 2.39. The van der Waals surface area contributed by atoms with Crippen molar-refractivity contribution < 1.29 is 9.53 Å². The van der Waals surface area contributed by atoms with Gasteiger partial charge in [0.1, 0.15) is 0 Å². The van der Waals surface area contributed by atoms with Crippen LogP contribution in [0.1, 0.15) is 43.7 Å². The maximum absolute atomic E-state index is 12.2. The molecule has 1 spiro atoms. The summed E-state index contributed by atoms with van der Waals surface area (Å²) in [5.74, 6) is 1.02. The second-order valence-corrected chi connectivity index (χ2v) is 8.68. The first-order valence-corrected chi connectivity index (χ1v) is 10.3. The molecule has 2 fully saturated rings. The summed E-state index contributed by atoms with van der Waals surface area (Å²) in [5, 5.41) is 0. The first-order valence-electron chi connectivity index (χ1n) is 10.3. The summed E-state index contributed by atoms with van der Waals surface area (Å²) in [6.07, 6.45) is 5.96. The second kappa shape index (κ2) is 7.69. The lowest BCUT2D eigenvalue weighted by Gasteiger charge is -2.44. The highest BCUT2D eigenvalue weighted by molar-refractivity contribution is 5.73. The molecule has 0 aromatic heterocycles. The molecule has 0 radical (unpaired) electrons. The standard InChI is InChI=1S/C22H32N2O2/c1-18(25)24-16-21-5-3-2-4-20(21)14-22(17-24)8-10-23(11-9-22)15-19-6-12-26-13-7-19/h2-5,19H,6-17H2,1H3. The van der Waals surface area contributed by atoms with Gasteiger partial charge in [0, 0.05) is 39.8 Å². The number of ether oxygens (including phenoxy) is 1. The summed E-state index contributed by atoms with van der Waals surface area (Å²) in [7, 11) is 0. The third kappa shape index (κ3) is 3.96. The molecule has 142 valence electrons. The summed E-state index contributed by atoms with van der Waals surface area (Å²) >= 11 is 0. The molecule has 0 N–H and O–H groups in total. The lowest BCUT2D eigenvalue weighted by Crippen LogP contribution is -2.48. The average Bonchev–Trinajstić information content (AvgIpc) is 2.81. The summed E-state index contributed by atoms with van der Waals surface area (Å²) in [6, 6.07) is 8.72. The van der Waals surface area contributed by atoms with Crippen LogP contribution < -0.4 is 0 Å². The van der Waals surface area contributed by atoms with Crippen molar-refractivity contribution in [3.63, 3.8) is 0 Å². The summed E-state index contributed by atoms with van der Waals surface area (Å²) in [4.78, 5) is 17.0. The summed E-state index contributed by atoms with van der Waals surface area (Å²) in [5.41, 5.74) is 3.04. The highest BCUT2D eigenvalue weighted by atomic mass is 16.5. The number of amides is 1. The third-order valence-corrected chi connectivity index (χ3v) is 6.79. The normalized spacial score (nSPS) is 24.3. The molecular weight excluding hydrogens is 324 g/mol. The molecule has 1 aromatic rings. The molecule has 3 heterocycles. The van der Waals surface area contributed by atoms with Crippen LogP contribution in [0.2, 0.25) is 0 Å². The van der Waals surface area contributed by atoms with Crippen molar-refractivity contribution in [1.29, 1.82) is 0 Å². The molecular formula is C22H32N2O2. The molecule has 3 aliphatic rings. The van der Waals surface area contributed by atoms with Crippen LogP contribution in [-0.2, 0) is 22.5 Å². The zero-order chi connectivity index (χ0) is 18.0. The van der Waals surface area contributed by atoms with Gasteiger partial charge < -0.3 is 14.5 Å². The number of fused-ring (bicyclic) bond motifs is 1. The minimum absolute atomic E-state index is 0.214. The molecule has 26 heavy (non-hydrogen) atoms. The van der Waals surface area contributed by atoms with Gasteiger partial charge in [0.2, 0.25) is 5.91 Å². The Morgan fingerprint density at radius 3 is 2.54 bits per heavy atom. The van der Waals surface area contributed by atoms with E-state index in [2.05, 4.69) is 34.1 Å². The van der Waals surface area contributed by atoms with E-state index in [1.54, 1.807) is 6.92 Å². The fourth-order valence-electron chi connectivity index (χ4n) is 5.07. The van der Waals surface area contributed by atoms with Crippen LogP contribution in [0.25, 0.3) is 0 Å².